The van der Waals surface area contributed by atoms with Crippen LogP contribution in [0.1, 0.15) is 0 Å². The molecule has 0 amide bonds. The number of aromatic amines is 2. The lowest BCUT2D eigenvalue weighted by molar-refractivity contribution is 0.568. The van der Waals surface area contributed by atoms with E-state index in [4.69, 9.17) is 4.42 Å². The fourth-order valence-electron chi connectivity index (χ4n) is 3.66. The van der Waals surface area contributed by atoms with Gasteiger partial charge in [-0.1, -0.05) is 12.1 Å². The fourth-order valence-corrected chi connectivity index (χ4v) is 3.66. The molecule has 0 unspecified atom stereocenters. The Morgan fingerprint density at radius 1 is 0.862 bits per heavy atom. The molecule has 1 aromatic carbocycles. The Kier molecular flexibility index (Phi) is 3.33. The molecular formula is C22H14N6O. The number of aromatic nitrogens is 6. The first-order valence-electron chi connectivity index (χ1n) is 9.11. The summed E-state index contributed by atoms with van der Waals surface area (Å²) in [7, 11) is 0. The molecule has 0 atom stereocenters. The average Bonchev–Trinajstić information content (AvgIpc) is 3.52. The molecule has 0 spiro atoms. The molecule has 2 N–H and O–H groups in total. The molecule has 0 aliphatic rings. The van der Waals surface area contributed by atoms with Gasteiger partial charge in [0.25, 0.3) is 0 Å². The highest BCUT2D eigenvalue weighted by Crippen LogP contribution is 2.34. The number of nitrogens with zero attached hydrogens (tertiary/aromatic N) is 4. The Morgan fingerprint density at radius 2 is 1.79 bits per heavy atom. The maximum absolute atomic E-state index is 5.27. The molecule has 6 rings (SSSR count). The summed E-state index contributed by atoms with van der Waals surface area (Å²) in [6.07, 6.45) is 10.2. The summed E-state index contributed by atoms with van der Waals surface area (Å²) in [5.74, 6) is 0. The number of fused-ring (bicyclic) bond motifs is 2. The van der Waals surface area contributed by atoms with Crippen LogP contribution < -0.4 is 0 Å². The third-order valence-corrected chi connectivity index (χ3v) is 5.06. The molecule has 0 bridgehead atoms. The van der Waals surface area contributed by atoms with Crippen molar-refractivity contribution >= 4 is 21.8 Å². The largest absolute Gasteiger partial charge is 0.472 e. The van der Waals surface area contributed by atoms with Gasteiger partial charge in [0, 0.05) is 39.8 Å². The van der Waals surface area contributed by atoms with Crippen molar-refractivity contribution in [2.75, 3.05) is 0 Å². The molecule has 0 aliphatic carbocycles. The minimum Gasteiger partial charge on any atom is -0.472 e. The third-order valence-electron chi connectivity index (χ3n) is 5.06. The van der Waals surface area contributed by atoms with E-state index in [1.807, 2.05) is 18.2 Å². The van der Waals surface area contributed by atoms with E-state index in [1.165, 1.54) is 6.33 Å². The third kappa shape index (κ3) is 2.52. The van der Waals surface area contributed by atoms with Gasteiger partial charge in [0.2, 0.25) is 0 Å². The lowest BCUT2D eigenvalue weighted by atomic mass is 10.0. The maximum atomic E-state index is 5.27. The number of hydrogen-bond donors (Lipinski definition) is 2. The van der Waals surface area contributed by atoms with Gasteiger partial charge < -0.3 is 9.40 Å². The van der Waals surface area contributed by atoms with E-state index >= 15 is 0 Å². The normalized spacial score (nSPS) is 11.4. The quantitative estimate of drug-likeness (QED) is 0.460. The van der Waals surface area contributed by atoms with Crippen LogP contribution in [0.2, 0.25) is 0 Å². The van der Waals surface area contributed by atoms with Crippen LogP contribution in [0.25, 0.3) is 55.6 Å². The fraction of sp³-hybridized carbons (Fsp3) is 0. The highest BCUT2D eigenvalue weighted by molar-refractivity contribution is 6.01. The van der Waals surface area contributed by atoms with Crippen LogP contribution in [-0.4, -0.2) is 30.1 Å². The van der Waals surface area contributed by atoms with Crippen molar-refractivity contribution in [2.24, 2.45) is 0 Å². The Balaban J connectivity index is 1.53. The molecule has 0 radical (unpaired) electrons. The molecule has 0 saturated carbocycles. The first kappa shape index (κ1) is 15.8. The second kappa shape index (κ2) is 6.13. The summed E-state index contributed by atoms with van der Waals surface area (Å²) in [5.41, 5.74) is 7.51. The minimum absolute atomic E-state index is 0.802. The highest BCUT2D eigenvalue weighted by atomic mass is 16.3. The van der Waals surface area contributed by atoms with Crippen molar-refractivity contribution in [3.05, 3.63) is 73.8 Å². The standard InChI is InChI=1S/C22H14N6O/c1-2-15(13-4-5-29-11-13)16-6-20(26-18(16)3-1)22-17-7-19(14-8-23-12-24-9-14)25-10-21(17)27-28-22/h1-12,26H,(H,27,28). The Bertz CT molecular complexity index is 1450. The van der Waals surface area contributed by atoms with Crippen molar-refractivity contribution < 1.29 is 4.42 Å². The monoisotopic (exact) mass is 378 g/mol. The summed E-state index contributed by atoms with van der Waals surface area (Å²) in [5, 5.41) is 9.71. The number of pyridine rings is 1. The van der Waals surface area contributed by atoms with Gasteiger partial charge in [-0.25, -0.2) is 9.97 Å². The zero-order valence-corrected chi connectivity index (χ0v) is 15.1. The summed E-state index contributed by atoms with van der Waals surface area (Å²) in [4.78, 5) is 16.2. The Morgan fingerprint density at radius 3 is 2.66 bits per heavy atom. The van der Waals surface area contributed by atoms with E-state index in [0.717, 1.165) is 55.6 Å². The molecule has 0 fully saturated rings. The van der Waals surface area contributed by atoms with Crippen LogP contribution in [0.3, 0.4) is 0 Å². The molecular weight excluding hydrogens is 364 g/mol. The first-order chi connectivity index (χ1) is 14.4. The van der Waals surface area contributed by atoms with Crippen molar-refractivity contribution in [3.63, 3.8) is 0 Å². The van der Waals surface area contributed by atoms with Gasteiger partial charge in [-0.15, -0.1) is 0 Å². The second-order valence-electron chi connectivity index (χ2n) is 6.78. The summed E-state index contributed by atoms with van der Waals surface area (Å²) in [6.45, 7) is 0. The van der Waals surface area contributed by atoms with E-state index in [9.17, 15) is 0 Å². The van der Waals surface area contributed by atoms with Crippen molar-refractivity contribution in [1.82, 2.24) is 30.1 Å². The van der Waals surface area contributed by atoms with Crippen molar-refractivity contribution in [2.45, 2.75) is 0 Å². The van der Waals surface area contributed by atoms with Gasteiger partial charge in [-0.3, -0.25) is 10.1 Å². The predicted octanol–water partition coefficient (Wildman–Crippen LogP) is 4.82. The lowest BCUT2D eigenvalue weighted by Crippen LogP contribution is -1.86. The molecule has 0 aliphatic heterocycles. The van der Waals surface area contributed by atoms with Crippen LogP contribution >= 0.6 is 0 Å². The van der Waals surface area contributed by atoms with Gasteiger partial charge in [0.15, 0.2) is 0 Å². The molecule has 29 heavy (non-hydrogen) atoms. The van der Waals surface area contributed by atoms with Gasteiger partial charge in [-0.2, -0.15) is 5.10 Å². The van der Waals surface area contributed by atoms with Gasteiger partial charge >= 0.3 is 0 Å². The highest BCUT2D eigenvalue weighted by Gasteiger charge is 2.15. The number of nitrogens with one attached hydrogen (secondary N) is 2. The molecule has 5 heterocycles. The van der Waals surface area contributed by atoms with Crippen LogP contribution in [0.15, 0.2) is 78.3 Å². The zero-order chi connectivity index (χ0) is 19.2. The topological polar surface area (TPSA) is 96.3 Å². The molecule has 7 heteroatoms. The van der Waals surface area contributed by atoms with E-state index in [-0.39, 0.29) is 0 Å². The zero-order valence-electron chi connectivity index (χ0n) is 15.1. The number of H-pyrrole nitrogens is 2. The van der Waals surface area contributed by atoms with Gasteiger partial charge in [0.1, 0.15) is 12.0 Å². The molecule has 7 nitrogen and oxygen atoms in total. The number of furan rings is 1. The molecule has 6 aromatic rings. The SMILES string of the molecule is c1cc(-c2ccoc2)c2cc(-c3n[nH]c4cnc(-c5cncnc5)cc34)[nH]c2c1. The van der Waals surface area contributed by atoms with Crippen LogP contribution in [0.4, 0.5) is 0 Å². The Hall–Kier alpha value is -4.26. The van der Waals surface area contributed by atoms with Crippen LogP contribution in [0, 0.1) is 0 Å². The first-order valence-corrected chi connectivity index (χ1v) is 9.11. The van der Waals surface area contributed by atoms with Crippen LogP contribution in [0.5, 0.6) is 0 Å². The van der Waals surface area contributed by atoms with E-state index in [2.05, 4.69) is 48.3 Å². The van der Waals surface area contributed by atoms with Gasteiger partial charge in [0.05, 0.1) is 35.6 Å². The molecule has 5 aromatic heterocycles. The van der Waals surface area contributed by atoms with Crippen molar-refractivity contribution in [3.8, 4) is 33.8 Å². The number of rotatable bonds is 3. The minimum atomic E-state index is 0.802. The van der Waals surface area contributed by atoms with E-state index < -0.39 is 0 Å². The van der Waals surface area contributed by atoms with Gasteiger partial charge in [-0.05, 0) is 29.8 Å². The van der Waals surface area contributed by atoms with E-state index in [1.54, 1.807) is 31.1 Å². The Labute approximate surface area is 164 Å². The summed E-state index contributed by atoms with van der Waals surface area (Å²) >= 11 is 0. The molecule has 0 saturated heterocycles. The maximum Gasteiger partial charge on any atom is 0.116 e. The summed E-state index contributed by atoms with van der Waals surface area (Å²) in [6, 6.07) is 12.3. The summed E-state index contributed by atoms with van der Waals surface area (Å²) < 4.78 is 5.27. The van der Waals surface area contributed by atoms with Crippen LogP contribution in [-0.2, 0) is 0 Å². The predicted molar refractivity (Wildman–Crippen MR) is 110 cm³/mol. The van der Waals surface area contributed by atoms with E-state index in [0.29, 0.717) is 0 Å². The smallest absolute Gasteiger partial charge is 0.116 e. The number of benzene rings is 1. The second-order valence-corrected chi connectivity index (χ2v) is 6.78. The lowest BCUT2D eigenvalue weighted by Gasteiger charge is -2.00. The number of hydrogen-bond acceptors (Lipinski definition) is 5. The average molecular weight is 378 g/mol. The molecule has 138 valence electrons. The van der Waals surface area contributed by atoms with Crippen molar-refractivity contribution in [1.29, 1.82) is 0 Å².